The van der Waals surface area contributed by atoms with E-state index < -0.39 is 0 Å². The second-order valence-electron chi connectivity index (χ2n) is 4.66. The Bertz CT molecular complexity index is 357. The zero-order valence-electron chi connectivity index (χ0n) is 12.2. The summed E-state index contributed by atoms with van der Waals surface area (Å²) in [6.07, 6.45) is 0.559. The topological polar surface area (TPSA) is 53.7 Å². The molecule has 1 aromatic carbocycles. The third-order valence-corrected chi connectivity index (χ3v) is 2.84. The first-order valence-electron chi connectivity index (χ1n) is 6.84. The highest BCUT2D eigenvalue weighted by Gasteiger charge is 2.16. The molecule has 2 N–H and O–H groups in total. The monoisotopic (exact) mass is 285 g/mol. The summed E-state index contributed by atoms with van der Waals surface area (Å²) >= 11 is 0. The molecule has 0 aliphatic carbocycles. The van der Waals surface area contributed by atoms with Gasteiger partial charge in [0.2, 0.25) is 0 Å². The summed E-state index contributed by atoms with van der Waals surface area (Å²) < 4.78 is 28.9. The van der Waals surface area contributed by atoms with Crippen LogP contribution in [0.3, 0.4) is 0 Å². The van der Waals surface area contributed by atoms with Gasteiger partial charge in [0.05, 0.1) is 19.3 Å². The lowest BCUT2D eigenvalue weighted by Crippen LogP contribution is -2.27. The lowest BCUT2D eigenvalue weighted by Gasteiger charge is -2.22. The molecule has 2 atom stereocenters. The van der Waals surface area contributed by atoms with Crippen molar-refractivity contribution in [1.82, 2.24) is 0 Å². The predicted molar refractivity (Wildman–Crippen MR) is 76.1 cm³/mol. The highest BCUT2D eigenvalue weighted by molar-refractivity contribution is 5.19. The van der Waals surface area contributed by atoms with Crippen LogP contribution in [-0.4, -0.2) is 39.6 Å². The van der Waals surface area contributed by atoms with E-state index in [4.69, 9.17) is 19.9 Å². The van der Waals surface area contributed by atoms with Crippen molar-refractivity contribution < 1.29 is 18.6 Å². The summed E-state index contributed by atoms with van der Waals surface area (Å²) in [4.78, 5) is 0. The highest BCUT2D eigenvalue weighted by Crippen LogP contribution is 2.20. The van der Waals surface area contributed by atoms with E-state index in [1.54, 1.807) is 19.2 Å². The van der Waals surface area contributed by atoms with Crippen molar-refractivity contribution in [3.05, 3.63) is 35.6 Å². The van der Waals surface area contributed by atoms with Crippen LogP contribution in [0.1, 0.15) is 25.0 Å². The molecule has 0 saturated heterocycles. The third-order valence-electron chi connectivity index (χ3n) is 2.84. The molecule has 0 aromatic heterocycles. The minimum absolute atomic E-state index is 0.158. The van der Waals surface area contributed by atoms with Gasteiger partial charge >= 0.3 is 0 Å². The fourth-order valence-electron chi connectivity index (χ4n) is 1.82. The number of benzene rings is 1. The van der Waals surface area contributed by atoms with Gasteiger partial charge in [-0.15, -0.1) is 0 Å². The number of hydrogen-bond acceptors (Lipinski definition) is 4. The van der Waals surface area contributed by atoms with Crippen molar-refractivity contribution in [3.63, 3.8) is 0 Å². The predicted octanol–water partition coefficient (Wildman–Crippen LogP) is 2.28. The van der Waals surface area contributed by atoms with Gasteiger partial charge in [0, 0.05) is 26.4 Å². The third kappa shape index (κ3) is 6.43. The van der Waals surface area contributed by atoms with Crippen molar-refractivity contribution >= 4 is 0 Å². The maximum atomic E-state index is 12.9. The Morgan fingerprint density at radius 2 is 1.80 bits per heavy atom. The molecule has 20 heavy (non-hydrogen) atoms. The van der Waals surface area contributed by atoms with E-state index in [0.717, 1.165) is 12.0 Å². The van der Waals surface area contributed by atoms with E-state index in [0.29, 0.717) is 26.4 Å². The first kappa shape index (κ1) is 17.0. The van der Waals surface area contributed by atoms with Crippen molar-refractivity contribution in [3.8, 4) is 0 Å². The summed E-state index contributed by atoms with van der Waals surface area (Å²) in [5.41, 5.74) is 6.81. The van der Waals surface area contributed by atoms with E-state index in [1.165, 1.54) is 12.1 Å². The number of hydrogen-bond donors (Lipinski definition) is 1. The van der Waals surface area contributed by atoms with Crippen LogP contribution in [-0.2, 0) is 14.2 Å². The summed E-state index contributed by atoms with van der Waals surface area (Å²) in [5.74, 6) is -0.260. The van der Waals surface area contributed by atoms with E-state index in [1.807, 2.05) is 6.92 Å². The van der Waals surface area contributed by atoms with Gasteiger partial charge in [0.1, 0.15) is 5.82 Å². The fourth-order valence-corrected chi connectivity index (χ4v) is 1.82. The minimum Gasteiger partial charge on any atom is -0.382 e. The Hall–Kier alpha value is -1.01. The molecule has 0 saturated carbocycles. The molecule has 0 radical (unpaired) electrons. The summed E-state index contributed by atoms with van der Waals surface area (Å²) in [6, 6.07) is 6.09. The van der Waals surface area contributed by atoms with Crippen molar-refractivity contribution in [1.29, 1.82) is 0 Å². The quantitative estimate of drug-likeness (QED) is 0.670. The Morgan fingerprint density at radius 3 is 2.40 bits per heavy atom. The van der Waals surface area contributed by atoms with Crippen LogP contribution in [0.4, 0.5) is 4.39 Å². The SMILES string of the molecule is COCCOCCCOC(c1ccc(F)cc1)C(C)N. The fraction of sp³-hybridized carbons (Fsp3) is 0.600. The minimum atomic E-state index is -0.260. The average Bonchev–Trinajstić information content (AvgIpc) is 2.43. The Morgan fingerprint density at radius 1 is 1.10 bits per heavy atom. The molecule has 0 heterocycles. The number of rotatable bonds is 10. The normalized spacial score (nSPS) is 14.2. The standard InChI is InChI=1S/C15H24FNO3/c1-12(17)15(13-4-6-14(16)7-5-13)20-9-3-8-19-11-10-18-2/h4-7,12,15H,3,8-11,17H2,1-2H3. The Labute approximate surface area is 120 Å². The number of methoxy groups -OCH3 is 1. The molecule has 0 fully saturated rings. The van der Waals surface area contributed by atoms with Gasteiger partial charge in [-0.1, -0.05) is 12.1 Å². The van der Waals surface area contributed by atoms with E-state index in [-0.39, 0.29) is 18.0 Å². The smallest absolute Gasteiger partial charge is 0.123 e. The molecule has 2 unspecified atom stereocenters. The van der Waals surface area contributed by atoms with Crippen LogP contribution < -0.4 is 5.73 Å². The molecule has 0 aliphatic rings. The van der Waals surface area contributed by atoms with Crippen molar-refractivity contribution in [2.24, 2.45) is 5.73 Å². The van der Waals surface area contributed by atoms with Crippen LogP contribution in [0.5, 0.6) is 0 Å². The van der Waals surface area contributed by atoms with Crippen LogP contribution in [0.2, 0.25) is 0 Å². The summed E-state index contributed by atoms with van der Waals surface area (Å²) in [5, 5.41) is 0. The van der Waals surface area contributed by atoms with E-state index in [2.05, 4.69) is 0 Å². The molecule has 5 heteroatoms. The number of halogens is 1. The Kier molecular flexibility index (Phi) is 8.37. The van der Waals surface area contributed by atoms with Gasteiger partial charge in [-0.25, -0.2) is 4.39 Å². The van der Waals surface area contributed by atoms with Gasteiger partial charge in [-0.2, -0.15) is 0 Å². The van der Waals surface area contributed by atoms with Crippen molar-refractivity contribution in [2.45, 2.75) is 25.5 Å². The molecule has 4 nitrogen and oxygen atoms in total. The molecule has 0 spiro atoms. The lowest BCUT2D eigenvalue weighted by molar-refractivity contribution is 0.0143. The van der Waals surface area contributed by atoms with Gasteiger partial charge < -0.3 is 19.9 Å². The first-order chi connectivity index (χ1) is 9.65. The van der Waals surface area contributed by atoms with E-state index >= 15 is 0 Å². The maximum Gasteiger partial charge on any atom is 0.123 e. The number of nitrogens with two attached hydrogens (primary N) is 1. The van der Waals surface area contributed by atoms with E-state index in [9.17, 15) is 4.39 Å². The highest BCUT2D eigenvalue weighted by atomic mass is 19.1. The van der Waals surface area contributed by atoms with Crippen LogP contribution in [0, 0.1) is 5.82 Å². The molecular weight excluding hydrogens is 261 g/mol. The van der Waals surface area contributed by atoms with Crippen LogP contribution in [0.15, 0.2) is 24.3 Å². The molecule has 114 valence electrons. The molecule has 1 aromatic rings. The molecule has 0 bridgehead atoms. The molecule has 0 amide bonds. The van der Waals surface area contributed by atoms with Crippen LogP contribution >= 0.6 is 0 Å². The zero-order valence-corrected chi connectivity index (χ0v) is 12.2. The maximum absolute atomic E-state index is 12.9. The van der Waals surface area contributed by atoms with Gasteiger partial charge in [0.15, 0.2) is 0 Å². The summed E-state index contributed by atoms with van der Waals surface area (Å²) in [6.45, 7) is 4.24. The Balaban J connectivity index is 2.31. The largest absolute Gasteiger partial charge is 0.382 e. The first-order valence-corrected chi connectivity index (χ1v) is 6.84. The average molecular weight is 285 g/mol. The lowest BCUT2D eigenvalue weighted by atomic mass is 10.0. The second-order valence-corrected chi connectivity index (χ2v) is 4.66. The molecular formula is C15H24FNO3. The molecule has 1 rings (SSSR count). The van der Waals surface area contributed by atoms with Gasteiger partial charge in [0.25, 0.3) is 0 Å². The van der Waals surface area contributed by atoms with Crippen molar-refractivity contribution in [2.75, 3.05) is 33.5 Å². The summed E-state index contributed by atoms with van der Waals surface area (Å²) in [7, 11) is 1.64. The van der Waals surface area contributed by atoms with Gasteiger partial charge in [-0.05, 0) is 31.0 Å². The van der Waals surface area contributed by atoms with Crippen LogP contribution in [0.25, 0.3) is 0 Å². The van der Waals surface area contributed by atoms with Gasteiger partial charge in [-0.3, -0.25) is 0 Å². The molecule has 0 aliphatic heterocycles. The second kappa shape index (κ2) is 9.83. The number of ether oxygens (including phenoxy) is 3. The zero-order chi connectivity index (χ0) is 14.8.